The lowest BCUT2D eigenvalue weighted by atomic mass is 9.87. The average molecular weight is 460 g/mol. The second kappa shape index (κ2) is 9.39. The van der Waals surface area contributed by atoms with Crippen molar-refractivity contribution in [1.29, 1.82) is 0 Å². The zero-order valence-electron chi connectivity index (χ0n) is 17.6. The third kappa shape index (κ3) is 4.33. The van der Waals surface area contributed by atoms with Gasteiger partial charge in [-0.2, -0.15) is 4.98 Å². The van der Waals surface area contributed by atoms with E-state index in [-0.39, 0.29) is 30.9 Å². The van der Waals surface area contributed by atoms with E-state index in [1.54, 1.807) is 0 Å². The first kappa shape index (κ1) is 23.3. The van der Waals surface area contributed by atoms with E-state index >= 15 is 0 Å². The van der Waals surface area contributed by atoms with E-state index in [0.717, 1.165) is 41.7 Å². The van der Waals surface area contributed by atoms with Gasteiger partial charge in [-0.15, -0.1) is 24.8 Å². The minimum atomic E-state index is 0. The second-order valence-corrected chi connectivity index (χ2v) is 8.13. The first-order chi connectivity index (χ1) is 14.1. The Morgan fingerprint density at radius 2 is 1.94 bits per heavy atom. The van der Waals surface area contributed by atoms with Crippen LogP contribution in [-0.4, -0.2) is 19.7 Å². The second-order valence-electron chi connectivity index (χ2n) is 8.13. The number of para-hydroxylation sites is 2. The first-order valence-electron chi connectivity index (χ1n) is 10.3. The molecule has 31 heavy (non-hydrogen) atoms. The molecule has 2 aromatic heterocycles. The standard InChI is InChI=1S/C23H25N5O.2ClH/c1-14(2)22-25-19-8-3-4-9-20(19)28(22)13-21-26-23(29-27-21)16-10-11-17-15(12-16)6-5-7-18(17)24;;/h3-4,8-12,14,18H,5-7,13,24H2,1-2H3;2*1H. The van der Waals surface area contributed by atoms with Gasteiger partial charge in [-0.3, -0.25) is 0 Å². The van der Waals surface area contributed by atoms with Crippen LogP contribution in [0.25, 0.3) is 22.5 Å². The molecule has 0 amide bonds. The largest absolute Gasteiger partial charge is 0.334 e. The zero-order valence-corrected chi connectivity index (χ0v) is 19.2. The smallest absolute Gasteiger partial charge is 0.257 e. The van der Waals surface area contributed by atoms with Crippen molar-refractivity contribution in [2.75, 3.05) is 0 Å². The predicted octanol–water partition coefficient (Wildman–Crippen LogP) is 5.44. The first-order valence-corrected chi connectivity index (χ1v) is 10.3. The summed E-state index contributed by atoms with van der Waals surface area (Å²) in [4.78, 5) is 9.47. The molecular formula is C23H27Cl2N5O. The van der Waals surface area contributed by atoms with Crippen molar-refractivity contribution in [2.45, 2.75) is 51.6 Å². The molecule has 6 nitrogen and oxygen atoms in total. The number of benzene rings is 2. The number of nitrogens with two attached hydrogens (primary N) is 1. The van der Waals surface area contributed by atoms with E-state index in [1.807, 2.05) is 24.3 Å². The highest BCUT2D eigenvalue weighted by Gasteiger charge is 2.20. The number of rotatable bonds is 4. The minimum Gasteiger partial charge on any atom is -0.334 e. The fourth-order valence-corrected chi connectivity index (χ4v) is 4.26. The molecule has 164 valence electrons. The van der Waals surface area contributed by atoms with E-state index in [2.05, 4.69) is 46.8 Å². The Bertz CT molecular complexity index is 1180. The summed E-state index contributed by atoms with van der Waals surface area (Å²) < 4.78 is 7.78. The maximum atomic E-state index is 6.24. The average Bonchev–Trinajstić information content (AvgIpc) is 3.34. The van der Waals surface area contributed by atoms with Crippen molar-refractivity contribution in [3.63, 3.8) is 0 Å². The van der Waals surface area contributed by atoms with Crippen LogP contribution in [0.5, 0.6) is 0 Å². The van der Waals surface area contributed by atoms with Crippen LogP contribution < -0.4 is 5.73 Å². The molecule has 2 N–H and O–H groups in total. The van der Waals surface area contributed by atoms with Crippen LogP contribution in [0.4, 0.5) is 0 Å². The molecule has 1 atom stereocenters. The quantitative estimate of drug-likeness (QED) is 0.439. The summed E-state index contributed by atoms with van der Waals surface area (Å²) >= 11 is 0. The van der Waals surface area contributed by atoms with E-state index in [4.69, 9.17) is 15.2 Å². The van der Waals surface area contributed by atoms with Gasteiger partial charge in [-0.1, -0.05) is 37.2 Å². The van der Waals surface area contributed by atoms with E-state index in [9.17, 15) is 0 Å². The predicted molar refractivity (Wildman–Crippen MR) is 127 cm³/mol. The van der Waals surface area contributed by atoms with Gasteiger partial charge >= 0.3 is 0 Å². The summed E-state index contributed by atoms with van der Waals surface area (Å²) in [6.07, 6.45) is 3.23. The zero-order chi connectivity index (χ0) is 20.0. The number of hydrogen-bond donors (Lipinski definition) is 1. The Hall–Kier alpha value is -2.41. The maximum absolute atomic E-state index is 6.24. The van der Waals surface area contributed by atoms with Gasteiger partial charge in [0, 0.05) is 17.5 Å². The van der Waals surface area contributed by atoms with Crippen LogP contribution in [0.15, 0.2) is 47.0 Å². The molecule has 0 bridgehead atoms. The molecule has 8 heteroatoms. The van der Waals surface area contributed by atoms with Gasteiger partial charge in [0.1, 0.15) is 5.82 Å². The van der Waals surface area contributed by atoms with Crippen LogP contribution in [0.3, 0.4) is 0 Å². The van der Waals surface area contributed by atoms with E-state index in [1.165, 1.54) is 11.1 Å². The van der Waals surface area contributed by atoms with Crippen molar-refractivity contribution in [3.8, 4) is 11.5 Å². The summed E-state index contributed by atoms with van der Waals surface area (Å²) in [6.45, 7) is 4.84. The monoisotopic (exact) mass is 459 g/mol. The third-order valence-electron chi connectivity index (χ3n) is 5.72. The normalized spacial score (nSPS) is 15.4. The van der Waals surface area contributed by atoms with Gasteiger partial charge in [-0.25, -0.2) is 4.98 Å². The lowest BCUT2D eigenvalue weighted by Gasteiger charge is -2.22. The molecule has 1 unspecified atom stereocenters. The number of halogens is 2. The molecule has 0 aliphatic heterocycles. The highest BCUT2D eigenvalue weighted by atomic mass is 35.5. The number of aryl methyl sites for hydroxylation is 1. The SMILES string of the molecule is CC(C)c1nc2ccccc2n1Cc1noc(-c2ccc3c(c2)CCCC3N)n1.Cl.Cl. The van der Waals surface area contributed by atoms with Gasteiger partial charge in [0.2, 0.25) is 0 Å². The van der Waals surface area contributed by atoms with Crippen molar-refractivity contribution >= 4 is 35.8 Å². The van der Waals surface area contributed by atoms with Gasteiger partial charge in [0.05, 0.1) is 17.6 Å². The van der Waals surface area contributed by atoms with Gasteiger partial charge in [0.25, 0.3) is 5.89 Å². The number of hydrogen-bond acceptors (Lipinski definition) is 5. The number of nitrogens with zero attached hydrogens (tertiary/aromatic N) is 4. The lowest BCUT2D eigenvalue weighted by Crippen LogP contribution is -2.17. The molecule has 0 saturated carbocycles. The van der Waals surface area contributed by atoms with Gasteiger partial charge in [-0.05, 0) is 54.7 Å². The fourth-order valence-electron chi connectivity index (χ4n) is 4.26. The molecule has 2 heterocycles. The minimum absolute atomic E-state index is 0. The Balaban J connectivity index is 0.00000136. The molecule has 0 saturated heterocycles. The summed E-state index contributed by atoms with van der Waals surface area (Å²) in [5, 5.41) is 4.24. The fraction of sp³-hybridized carbons (Fsp3) is 0.348. The molecule has 0 spiro atoms. The molecule has 0 radical (unpaired) electrons. The maximum Gasteiger partial charge on any atom is 0.257 e. The van der Waals surface area contributed by atoms with Crippen LogP contribution in [0, 0.1) is 0 Å². The molecule has 4 aromatic rings. The van der Waals surface area contributed by atoms with Crippen molar-refractivity contribution in [2.24, 2.45) is 5.73 Å². The van der Waals surface area contributed by atoms with Crippen LogP contribution >= 0.6 is 24.8 Å². The van der Waals surface area contributed by atoms with Crippen molar-refractivity contribution < 1.29 is 4.52 Å². The Labute approximate surface area is 194 Å². The highest BCUT2D eigenvalue weighted by Crippen LogP contribution is 2.31. The van der Waals surface area contributed by atoms with Gasteiger partial charge < -0.3 is 14.8 Å². The summed E-state index contributed by atoms with van der Waals surface area (Å²) in [5.41, 5.74) is 11.8. The molecule has 5 rings (SSSR count). The van der Waals surface area contributed by atoms with Crippen LogP contribution in [0.1, 0.15) is 61.4 Å². The number of aromatic nitrogens is 4. The van der Waals surface area contributed by atoms with Crippen molar-refractivity contribution in [1.82, 2.24) is 19.7 Å². The highest BCUT2D eigenvalue weighted by molar-refractivity contribution is 5.85. The topological polar surface area (TPSA) is 82.8 Å². The Kier molecular flexibility index (Phi) is 7.04. The van der Waals surface area contributed by atoms with Crippen LogP contribution in [-0.2, 0) is 13.0 Å². The van der Waals surface area contributed by atoms with Gasteiger partial charge in [0.15, 0.2) is 5.82 Å². The molecule has 1 aliphatic rings. The summed E-state index contributed by atoms with van der Waals surface area (Å²) in [7, 11) is 0. The van der Waals surface area contributed by atoms with E-state index < -0.39 is 0 Å². The summed E-state index contributed by atoms with van der Waals surface area (Å²) in [6, 6.07) is 14.6. The Morgan fingerprint density at radius 3 is 2.74 bits per heavy atom. The number of imidazole rings is 1. The lowest BCUT2D eigenvalue weighted by molar-refractivity contribution is 0.420. The van der Waals surface area contributed by atoms with Crippen molar-refractivity contribution in [3.05, 3.63) is 65.2 Å². The van der Waals surface area contributed by atoms with Crippen LogP contribution in [0.2, 0.25) is 0 Å². The summed E-state index contributed by atoms with van der Waals surface area (Å²) in [5.74, 6) is 2.54. The molecule has 0 fully saturated rings. The third-order valence-corrected chi connectivity index (χ3v) is 5.72. The molecule has 2 aromatic carbocycles. The molecule has 1 aliphatic carbocycles. The number of fused-ring (bicyclic) bond motifs is 2. The van der Waals surface area contributed by atoms with E-state index in [0.29, 0.717) is 24.2 Å². The molecular weight excluding hydrogens is 433 g/mol. The Morgan fingerprint density at radius 1 is 1.13 bits per heavy atom.